The Hall–Kier alpha value is -1.34. The maximum Gasteiger partial charge on any atom is 0.00506 e. The minimum Gasteiger partial charge on any atom is -0.328 e. The van der Waals surface area contributed by atoms with Crippen LogP contribution in [-0.4, -0.2) is 6.04 Å². The Morgan fingerprint density at radius 2 is 1.94 bits per heavy atom. The molecule has 2 N–H and O–H groups in total. The van der Waals surface area contributed by atoms with E-state index in [0.717, 1.165) is 12.8 Å². The van der Waals surface area contributed by atoms with Gasteiger partial charge in [-0.05, 0) is 43.1 Å². The van der Waals surface area contributed by atoms with Crippen LogP contribution in [0.1, 0.15) is 29.9 Å². The third-order valence-electron chi connectivity index (χ3n) is 4.36. The average molecular weight is 239 g/mol. The molecular weight excluding hydrogens is 218 g/mol. The van der Waals surface area contributed by atoms with E-state index in [2.05, 4.69) is 55.5 Å². The van der Waals surface area contributed by atoms with Crippen molar-refractivity contribution in [1.29, 1.82) is 0 Å². The molecule has 1 heteroatoms. The predicted molar refractivity (Wildman–Crippen MR) is 76.4 cm³/mol. The molecule has 0 amide bonds. The van der Waals surface area contributed by atoms with Gasteiger partial charge in [-0.3, -0.25) is 0 Å². The molecule has 1 aromatic rings. The van der Waals surface area contributed by atoms with Gasteiger partial charge >= 0.3 is 0 Å². The zero-order chi connectivity index (χ0) is 12.5. The van der Waals surface area contributed by atoms with Crippen LogP contribution < -0.4 is 5.73 Å². The van der Waals surface area contributed by atoms with Crippen LogP contribution in [0.25, 0.3) is 0 Å². The van der Waals surface area contributed by atoms with Crippen LogP contribution in [-0.2, 0) is 0 Å². The summed E-state index contributed by atoms with van der Waals surface area (Å²) in [5, 5.41) is 0. The third kappa shape index (κ3) is 2.15. The number of nitrogens with two attached hydrogens (primary N) is 1. The summed E-state index contributed by atoms with van der Waals surface area (Å²) in [6, 6.07) is 9.26. The predicted octanol–water partition coefficient (Wildman–Crippen LogP) is 3.56. The first-order chi connectivity index (χ1) is 8.74. The lowest BCUT2D eigenvalue weighted by Crippen LogP contribution is -2.37. The lowest BCUT2D eigenvalue weighted by atomic mass is 9.66. The molecule has 0 radical (unpaired) electrons. The summed E-state index contributed by atoms with van der Waals surface area (Å²) in [7, 11) is 0. The van der Waals surface area contributed by atoms with Crippen molar-refractivity contribution >= 4 is 0 Å². The minimum absolute atomic E-state index is 0.341. The van der Waals surface area contributed by atoms with E-state index >= 15 is 0 Å². The molecule has 0 heterocycles. The standard InChI is InChI=1S/C17H21N/c1-12-5-4-7-13(9-12)17-11-15(18)10-14-6-2-3-8-16(14)17/h2-9,14-17H,10-11,18H2,1H3. The fourth-order valence-electron chi connectivity index (χ4n) is 3.53. The fourth-order valence-corrected chi connectivity index (χ4v) is 3.53. The number of allylic oxidation sites excluding steroid dienone is 4. The smallest absolute Gasteiger partial charge is 0.00506 e. The van der Waals surface area contributed by atoms with E-state index in [9.17, 15) is 0 Å². The van der Waals surface area contributed by atoms with Crippen molar-refractivity contribution in [2.45, 2.75) is 31.7 Å². The van der Waals surface area contributed by atoms with E-state index in [4.69, 9.17) is 5.73 Å². The Kier molecular flexibility index (Phi) is 3.09. The maximum atomic E-state index is 6.25. The zero-order valence-electron chi connectivity index (χ0n) is 10.9. The average Bonchev–Trinajstić information content (AvgIpc) is 2.37. The van der Waals surface area contributed by atoms with Crippen molar-refractivity contribution in [3.05, 3.63) is 59.7 Å². The largest absolute Gasteiger partial charge is 0.328 e. The highest BCUT2D eigenvalue weighted by atomic mass is 14.7. The van der Waals surface area contributed by atoms with Crippen molar-refractivity contribution in [2.24, 2.45) is 17.6 Å². The number of hydrogen-bond acceptors (Lipinski definition) is 1. The van der Waals surface area contributed by atoms with Gasteiger partial charge in [-0.1, -0.05) is 54.1 Å². The first kappa shape index (κ1) is 11.7. The van der Waals surface area contributed by atoms with E-state index in [1.54, 1.807) is 0 Å². The molecular formula is C17H21N. The number of rotatable bonds is 1. The summed E-state index contributed by atoms with van der Waals surface area (Å²) in [5.41, 5.74) is 9.05. The Labute approximate surface area is 109 Å². The second-order valence-corrected chi connectivity index (χ2v) is 5.76. The SMILES string of the molecule is Cc1cccc(C2CC(N)CC3C=CC=CC32)c1. The van der Waals surface area contributed by atoms with E-state index in [-0.39, 0.29) is 0 Å². The molecule has 1 saturated carbocycles. The van der Waals surface area contributed by atoms with Gasteiger partial charge in [-0.15, -0.1) is 0 Å². The quantitative estimate of drug-likeness (QED) is 0.796. The molecule has 2 aliphatic rings. The zero-order valence-corrected chi connectivity index (χ0v) is 10.9. The molecule has 0 aliphatic heterocycles. The van der Waals surface area contributed by atoms with Gasteiger partial charge in [0.25, 0.3) is 0 Å². The second-order valence-electron chi connectivity index (χ2n) is 5.76. The molecule has 4 unspecified atom stereocenters. The molecule has 3 rings (SSSR count). The second kappa shape index (κ2) is 4.74. The molecule has 2 aliphatic carbocycles. The highest BCUT2D eigenvalue weighted by Gasteiger charge is 2.35. The Bertz CT molecular complexity index is 486. The molecule has 0 bridgehead atoms. The first-order valence-corrected chi connectivity index (χ1v) is 6.91. The lowest BCUT2D eigenvalue weighted by Gasteiger charge is -2.40. The van der Waals surface area contributed by atoms with Crippen molar-refractivity contribution in [3.8, 4) is 0 Å². The summed E-state index contributed by atoms with van der Waals surface area (Å²) in [4.78, 5) is 0. The highest BCUT2D eigenvalue weighted by molar-refractivity contribution is 5.30. The van der Waals surface area contributed by atoms with Crippen LogP contribution in [0.4, 0.5) is 0 Å². The summed E-state index contributed by atoms with van der Waals surface area (Å²) < 4.78 is 0. The van der Waals surface area contributed by atoms with Gasteiger partial charge in [0.1, 0.15) is 0 Å². The molecule has 94 valence electrons. The van der Waals surface area contributed by atoms with Crippen LogP contribution in [0.3, 0.4) is 0 Å². The van der Waals surface area contributed by atoms with E-state index < -0.39 is 0 Å². The topological polar surface area (TPSA) is 26.0 Å². The van der Waals surface area contributed by atoms with E-state index in [0.29, 0.717) is 23.8 Å². The molecule has 1 nitrogen and oxygen atoms in total. The molecule has 18 heavy (non-hydrogen) atoms. The normalized spacial score (nSPS) is 34.3. The Balaban J connectivity index is 1.94. The van der Waals surface area contributed by atoms with Gasteiger partial charge < -0.3 is 5.73 Å². The third-order valence-corrected chi connectivity index (χ3v) is 4.36. The first-order valence-electron chi connectivity index (χ1n) is 6.91. The molecule has 1 fully saturated rings. The Morgan fingerprint density at radius 1 is 1.11 bits per heavy atom. The fraction of sp³-hybridized carbons (Fsp3) is 0.412. The number of hydrogen-bond donors (Lipinski definition) is 1. The molecule has 0 aromatic heterocycles. The number of benzene rings is 1. The van der Waals surface area contributed by atoms with Gasteiger partial charge in [0.2, 0.25) is 0 Å². The summed E-state index contributed by atoms with van der Waals surface area (Å²) in [6.45, 7) is 2.17. The maximum absolute atomic E-state index is 6.25. The molecule has 0 saturated heterocycles. The summed E-state index contributed by atoms with van der Waals surface area (Å²) >= 11 is 0. The highest BCUT2D eigenvalue weighted by Crippen LogP contribution is 2.43. The van der Waals surface area contributed by atoms with E-state index in [1.165, 1.54) is 11.1 Å². The van der Waals surface area contributed by atoms with Gasteiger partial charge in [0, 0.05) is 6.04 Å². The van der Waals surface area contributed by atoms with Crippen LogP contribution >= 0.6 is 0 Å². The van der Waals surface area contributed by atoms with Gasteiger partial charge in [0.05, 0.1) is 0 Å². The number of aryl methyl sites for hydroxylation is 1. The number of fused-ring (bicyclic) bond motifs is 1. The molecule has 1 aromatic carbocycles. The van der Waals surface area contributed by atoms with Crippen molar-refractivity contribution < 1.29 is 0 Å². The van der Waals surface area contributed by atoms with Crippen LogP contribution in [0, 0.1) is 18.8 Å². The van der Waals surface area contributed by atoms with Crippen LogP contribution in [0.5, 0.6) is 0 Å². The van der Waals surface area contributed by atoms with Gasteiger partial charge in [-0.2, -0.15) is 0 Å². The monoisotopic (exact) mass is 239 g/mol. The van der Waals surface area contributed by atoms with Crippen molar-refractivity contribution in [1.82, 2.24) is 0 Å². The minimum atomic E-state index is 0.341. The molecule has 4 atom stereocenters. The molecule has 0 spiro atoms. The Morgan fingerprint density at radius 3 is 2.78 bits per heavy atom. The van der Waals surface area contributed by atoms with Crippen molar-refractivity contribution in [2.75, 3.05) is 0 Å². The summed E-state index contributed by atoms with van der Waals surface area (Å²) in [5.74, 6) is 1.85. The van der Waals surface area contributed by atoms with Crippen LogP contribution in [0.2, 0.25) is 0 Å². The van der Waals surface area contributed by atoms with Gasteiger partial charge in [0.15, 0.2) is 0 Å². The van der Waals surface area contributed by atoms with Crippen molar-refractivity contribution in [3.63, 3.8) is 0 Å². The van der Waals surface area contributed by atoms with E-state index in [1.807, 2.05) is 0 Å². The van der Waals surface area contributed by atoms with Crippen LogP contribution in [0.15, 0.2) is 48.6 Å². The lowest BCUT2D eigenvalue weighted by molar-refractivity contribution is 0.262. The van der Waals surface area contributed by atoms with Gasteiger partial charge in [-0.25, -0.2) is 0 Å². The summed E-state index contributed by atoms with van der Waals surface area (Å²) in [6.07, 6.45) is 11.3.